The number of amides is 4. The van der Waals surface area contributed by atoms with Crippen molar-refractivity contribution in [2.75, 3.05) is 13.6 Å². The molecule has 3 aromatic rings. The van der Waals surface area contributed by atoms with Crippen molar-refractivity contribution in [2.24, 2.45) is 0 Å². The molecule has 1 aliphatic rings. The first-order valence-corrected chi connectivity index (χ1v) is 10.9. The normalized spacial score (nSPS) is 17.4. The van der Waals surface area contributed by atoms with Gasteiger partial charge in [-0.1, -0.05) is 72.8 Å². The highest BCUT2D eigenvalue weighted by Crippen LogP contribution is 2.31. The highest BCUT2D eigenvalue weighted by atomic mass is 16.2. The molecular formula is C27H24N4O3. The number of rotatable bonds is 6. The molecule has 0 saturated carbocycles. The average Bonchev–Trinajstić information content (AvgIpc) is 3.09. The topological polar surface area (TPSA) is 93.5 Å². The molecule has 0 bridgehead atoms. The van der Waals surface area contributed by atoms with E-state index in [4.69, 9.17) is 5.26 Å². The minimum atomic E-state index is -1.32. The summed E-state index contributed by atoms with van der Waals surface area (Å²) in [6, 6.07) is 26.7. The molecule has 0 aliphatic carbocycles. The summed E-state index contributed by atoms with van der Waals surface area (Å²) in [6.45, 7) is 1.21. The van der Waals surface area contributed by atoms with Crippen LogP contribution >= 0.6 is 0 Å². The molecule has 1 atom stereocenters. The SMILES string of the molecule is CN(C(=O)CN1C(=O)N[C@](C)(c2ccc(C#N)cc2)C1=O)C(c1ccccc1)c1ccccc1. The number of hydrogen-bond donors (Lipinski definition) is 1. The summed E-state index contributed by atoms with van der Waals surface area (Å²) in [5.41, 5.74) is 1.51. The molecule has 7 nitrogen and oxygen atoms in total. The Morgan fingerprint density at radius 3 is 2.00 bits per heavy atom. The number of nitriles is 1. The van der Waals surface area contributed by atoms with Crippen LogP contribution in [0.25, 0.3) is 0 Å². The molecule has 1 saturated heterocycles. The van der Waals surface area contributed by atoms with Crippen molar-refractivity contribution >= 4 is 17.8 Å². The summed E-state index contributed by atoms with van der Waals surface area (Å²) in [5, 5.41) is 11.7. The number of likely N-dealkylation sites (N-methyl/N-ethyl adjacent to an activating group) is 1. The van der Waals surface area contributed by atoms with Crippen molar-refractivity contribution in [3.05, 3.63) is 107 Å². The molecule has 7 heteroatoms. The Bertz CT molecular complexity index is 1210. The van der Waals surface area contributed by atoms with Crippen LogP contribution in [0.15, 0.2) is 84.9 Å². The fourth-order valence-electron chi connectivity index (χ4n) is 4.22. The first kappa shape index (κ1) is 22.7. The standard InChI is InChI=1S/C27H24N4O3/c1-27(22-15-13-19(17-28)14-16-22)25(33)31(26(34)29-27)18-23(32)30(2)24(20-9-5-3-6-10-20)21-11-7-4-8-12-21/h3-16,24H,18H2,1-2H3,(H,29,34)/t27-/m1/s1. The zero-order valence-corrected chi connectivity index (χ0v) is 18.9. The summed E-state index contributed by atoms with van der Waals surface area (Å²) in [6.07, 6.45) is 0. The average molecular weight is 453 g/mol. The molecule has 1 heterocycles. The molecule has 1 N–H and O–H groups in total. The van der Waals surface area contributed by atoms with Crippen LogP contribution in [-0.4, -0.2) is 41.2 Å². The van der Waals surface area contributed by atoms with Crippen LogP contribution in [-0.2, 0) is 15.1 Å². The molecule has 4 amide bonds. The first-order valence-electron chi connectivity index (χ1n) is 10.9. The van der Waals surface area contributed by atoms with Crippen molar-refractivity contribution in [3.63, 3.8) is 0 Å². The predicted molar refractivity (Wildman–Crippen MR) is 126 cm³/mol. The second-order valence-corrected chi connectivity index (χ2v) is 8.36. The maximum absolute atomic E-state index is 13.3. The molecule has 3 aromatic carbocycles. The monoisotopic (exact) mass is 452 g/mol. The van der Waals surface area contributed by atoms with Crippen molar-refractivity contribution in [1.82, 2.24) is 15.1 Å². The van der Waals surface area contributed by atoms with Crippen LogP contribution in [0.1, 0.15) is 35.2 Å². The Morgan fingerprint density at radius 2 is 1.50 bits per heavy atom. The Labute approximate surface area is 198 Å². The van der Waals surface area contributed by atoms with E-state index in [-0.39, 0.29) is 18.5 Å². The van der Waals surface area contributed by atoms with E-state index in [0.717, 1.165) is 16.0 Å². The van der Waals surface area contributed by atoms with Crippen LogP contribution in [0.2, 0.25) is 0 Å². The third-order valence-electron chi connectivity index (χ3n) is 6.17. The number of hydrogen-bond acceptors (Lipinski definition) is 4. The molecule has 0 spiro atoms. The number of imide groups is 1. The lowest BCUT2D eigenvalue weighted by Crippen LogP contribution is -2.44. The number of carbonyl (C=O) groups excluding carboxylic acids is 3. The molecule has 4 rings (SSSR count). The van der Waals surface area contributed by atoms with E-state index in [2.05, 4.69) is 5.32 Å². The highest BCUT2D eigenvalue weighted by molar-refractivity contribution is 6.09. The van der Waals surface area contributed by atoms with Gasteiger partial charge in [-0.15, -0.1) is 0 Å². The minimum absolute atomic E-state index is 0.370. The lowest BCUT2D eigenvalue weighted by molar-refractivity contribution is -0.139. The molecule has 170 valence electrons. The zero-order valence-electron chi connectivity index (χ0n) is 18.9. The van der Waals surface area contributed by atoms with Gasteiger partial charge in [-0.25, -0.2) is 4.79 Å². The van der Waals surface area contributed by atoms with Gasteiger partial charge in [-0.05, 0) is 35.7 Å². The van der Waals surface area contributed by atoms with Crippen molar-refractivity contribution in [2.45, 2.75) is 18.5 Å². The maximum atomic E-state index is 13.3. The summed E-state index contributed by atoms with van der Waals surface area (Å²) < 4.78 is 0. The van der Waals surface area contributed by atoms with Gasteiger partial charge >= 0.3 is 6.03 Å². The second kappa shape index (κ2) is 9.20. The predicted octanol–water partition coefficient (Wildman–Crippen LogP) is 3.57. The van der Waals surface area contributed by atoms with E-state index in [0.29, 0.717) is 11.1 Å². The van der Waals surface area contributed by atoms with Crippen LogP contribution in [0.5, 0.6) is 0 Å². The zero-order chi connectivity index (χ0) is 24.3. The highest BCUT2D eigenvalue weighted by Gasteiger charge is 2.49. The lowest BCUT2D eigenvalue weighted by atomic mass is 9.91. The van der Waals surface area contributed by atoms with Gasteiger partial charge in [-0.2, -0.15) is 5.26 Å². The fourth-order valence-corrected chi connectivity index (χ4v) is 4.22. The molecule has 1 fully saturated rings. The van der Waals surface area contributed by atoms with Gasteiger partial charge in [0, 0.05) is 7.05 Å². The van der Waals surface area contributed by atoms with E-state index in [1.165, 1.54) is 0 Å². The van der Waals surface area contributed by atoms with Gasteiger partial charge in [-0.3, -0.25) is 14.5 Å². The quantitative estimate of drug-likeness (QED) is 0.579. The Morgan fingerprint density at radius 1 is 0.971 bits per heavy atom. The third kappa shape index (κ3) is 4.14. The van der Waals surface area contributed by atoms with Crippen molar-refractivity contribution in [3.8, 4) is 6.07 Å². The van der Waals surface area contributed by atoms with E-state index >= 15 is 0 Å². The van der Waals surface area contributed by atoms with Gasteiger partial charge in [0.15, 0.2) is 0 Å². The minimum Gasteiger partial charge on any atom is -0.333 e. The fraction of sp³-hybridized carbons (Fsp3) is 0.185. The number of benzene rings is 3. The number of carbonyl (C=O) groups is 3. The summed E-state index contributed by atoms with van der Waals surface area (Å²) in [5.74, 6) is -0.884. The smallest absolute Gasteiger partial charge is 0.325 e. The van der Waals surface area contributed by atoms with Crippen LogP contribution in [0, 0.1) is 11.3 Å². The van der Waals surface area contributed by atoms with Gasteiger partial charge in [0.25, 0.3) is 5.91 Å². The first-order chi connectivity index (χ1) is 16.3. The van der Waals surface area contributed by atoms with Gasteiger partial charge in [0.1, 0.15) is 12.1 Å². The third-order valence-corrected chi connectivity index (χ3v) is 6.17. The largest absolute Gasteiger partial charge is 0.333 e. The molecule has 1 aliphatic heterocycles. The van der Waals surface area contributed by atoms with E-state index in [1.54, 1.807) is 43.1 Å². The number of nitrogens with one attached hydrogen (secondary N) is 1. The molecule has 0 radical (unpaired) electrons. The summed E-state index contributed by atoms with van der Waals surface area (Å²) in [4.78, 5) is 41.8. The second-order valence-electron chi connectivity index (χ2n) is 8.36. The number of nitrogens with zero attached hydrogens (tertiary/aromatic N) is 3. The van der Waals surface area contributed by atoms with E-state index in [1.807, 2.05) is 66.7 Å². The lowest BCUT2D eigenvalue weighted by Gasteiger charge is -2.30. The van der Waals surface area contributed by atoms with Crippen LogP contribution in [0.3, 0.4) is 0 Å². The molecule has 0 unspecified atom stereocenters. The van der Waals surface area contributed by atoms with Crippen molar-refractivity contribution < 1.29 is 14.4 Å². The molecular weight excluding hydrogens is 428 g/mol. The number of urea groups is 1. The Hall–Kier alpha value is -4.44. The van der Waals surface area contributed by atoms with Crippen molar-refractivity contribution in [1.29, 1.82) is 5.26 Å². The van der Waals surface area contributed by atoms with Gasteiger partial charge in [0.2, 0.25) is 5.91 Å². The van der Waals surface area contributed by atoms with E-state index < -0.39 is 17.5 Å². The van der Waals surface area contributed by atoms with Gasteiger partial charge < -0.3 is 10.2 Å². The van der Waals surface area contributed by atoms with E-state index in [9.17, 15) is 14.4 Å². The van der Waals surface area contributed by atoms with Crippen LogP contribution < -0.4 is 5.32 Å². The Balaban J connectivity index is 1.58. The maximum Gasteiger partial charge on any atom is 0.325 e. The Kier molecular flexibility index (Phi) is 6.15. The van der Waals surface area contributed by atoms with Gasteiger partial charge in [0.05, 0.1) is 17.7 Å². The molecule has 0 aromatic heterocycles. The summed E-state index contributed by atoms with van der Waals surface area (Å²) >= 11 is 0. The summed E-state index contributed by atoms with van der Waals surface area (Å²) in [7, 11) is 1.67. The molecule has 34 heavy (non-hydrogen) atoms. The van der Waals surface area contributed by atoms with Crippen LogP contribution in [0.4, 0.5) is 4.79 Å².